The minimum atomic E-state index is -1.96. The predicted molar refractivity (Wildman–Crippen MR) is 95.2 cm³/mol. The summed E-state index contributed by atoms with van der Waals surface area (Å²) in [6.45, 7) is 4.49. The fourth-order valence-corrected chi connectivity index (χ4v) is 2.86. The van der Waals surface area contributed by atoms with Crippen LogP contribution in [-0.2, 0) is 13.6 Å². The van der Waals surface area contributed by atoms with Gasteiger partial charge in [-0.3, -0.25) is 0 Å². The van der Waals surface area contributed by atoms with Crippen molar-refractivity contribution in [1.29, 1.82) is 0 Å². The second-order valence-corrected chi connectivity index (χ2v) is 6.71. The molecule has 0 N–H and O–H groups in total. The van der Waals surface area contributed by atoms with E-state index < -0.39 is 8.25 Å². The van der Waals surface area contributed by atoms with Crippen LogP contribution in [0.2, 0.25) is 0 Å². The van der Waals surface area contributed by atoms with Crippen molar-refractivity contribution >= 4 is 8.25 Å². The van der Waals surface area contributed by atoms with Gasteiger partial charge < -0.3 is 0 Å². The minimum absolute atomic E-state index is 0.418. The topological polar surface area (TPSA) is 35.5 Å². The number of unbranched alkanes of at least 4 members (excludes halogenated alkanes) is 12. The molecule has 1 atom stereocenters. The van der Waals surface area contributed by atoms with E-state index in [1.165, 1.54) is 83.3 Å². The first kappa shape index (κ1) is 21.6. The highest BCUT2D eigenvalue weighted by Crippen LogP contribution is 2.23. The minimum Gasteiger partial charge on any atom is -0.238 e. The standard InChI is InChI=1S/C18H36O3P/c1-3-5-6-7-8-9-10-11-12-13-14-15-16-17-18-21-22(19)20-4-2/h17-18H,3-16H2,1-2H3/q+1. The van der Waals surface area contributed by atoms with E-state index in [-0.39, 0.29) is 0 Å². The monoisotopic (exact) mass is 331 g/mol. The van der Waals surface area contributed by atoms with Gasteiger partial charge in [0, 0.05) is 4.57 Å². The lowest BCUT2D eigenvalue weighted by Crippen LogP contribution is -1.82. The molecule has 130 valence electrons. The molecule has 3 nitrogen and oxygen atoms in total. The molecule has 0 bridgehead atoms. The fourth-order valence-electron chi connectivity index (χ4n) is 2.40. The lowest BCUT2D eigenvalue weighted by molar-refractivity contribution is 0.285. The summed E-state index contributed by atoms with van der Waals surface area (Å²) in [5.41, 5.74) is 0. The average molecular weight is 331 g/mol. The molecule has 0 rings (SSSR count). The maximum Gasteiger partial charge on any atom is 0.749 e. The summed E-state index contributed by atoms with van der Waals surface area (Å²) in [4.78, 5) is 0. The molecular formula is C18H36O3P+. The smallest absolute Gasteiger partial charge is 0.238 e. The maximum absolute atomic E-state index is 11.0. The Balaban J connectivity index is 3.11. The second kappa shape index (κ2) is 18.6. The van der Waals surface area contributed by atoms with Crippen LogP contribution in [0.1, 0.15) is 97.3 Å². The molecule has 1 unspecified atom stereocenters. The van der Waals surface area contributed by atoms with E-state index in [4.69, 9.17) is 9.05 Å². The summed E-state index contributed by atoms with van der Waals surface area (Å²) < 4.78 is 20.7. The van der Waals surface area contributed by atoms with Crippen LogP contribution in [0.3, 0.4) is 0 Å². The Labute approximate surface area is 138 Å². The van der Waals surface area contributed by atoms with Gasteiger partial charge in [-0.05, 0) is 25.8 Å². The SMILES string of the molecule is CCCCCCCCCCCCCCC=CO[P+](=O)OCC. The van der Waals surface area contributed by atoms with Crippen molar-refractivity contribution in [1.82, 2.24) is 0 Å². The van der Waals surface area contributed by atoms with Crippen molar-refractivity contribution in [2.24, 2.45) is 0 Å². The summed E-state index contributed by atoms with van der Waals surface area (Å²) in [6, 6.07) is 0. The number of rotatable bonds is 17. The van der Waals surface area contributed by atoms with Gasteiger partial charge in [-0.2, -0.15) is 0 Å². The van der Waals surface area contributed by atoms with Crippen LogP contribution in [0.4, 0.5) is 0 Å². The zero-order valence-electron chi connectivity index (χ0n) is 14.7. The molecule has 22 heavy (non-hydrogen) atoms. The molecule has 0 fully saturated rings. The molecule has 0 spiro atoms. The third kappa shape index (κ3) is 17.7. The van der Waals surface area contributed by atoms with E-state index in [1.807, 2.05) is 6.08 Å². The van der Waals surface area contributed by atoms with E-state index in [0.29, 0.717) is 6.61 Å². The van der Waals surface area contributed by atoms with Gasteiger partial charge in [-0.25, -0.2) is 4.52 Å². The van der Waals surface area contributed by atoms with Gasteiger partial charge in [-0.1, -0.05) is 77.6 Å². The van der Waals surface area contributed by atoms with Gasteiger partial charge in [0.25, 0.3) is 0 Å². The summed E-state index contributed by atoms with van der Waals surface area (Å²) in [7, 11) is -1.96. The molecule has 0 aliphatic rings. The van der Waals surface area contributed by atoms with Crippen molar-refractivity contribution in [2.45, 2.75) is 97.3 Å². The lowest BCUT2D eigenvalue weighted by Gasteiger charge is -2.02. The second-order valence-electron chi connectivity index (χ2n) is 5.80. The Bertz CT molecular complexity index is 267. The average Bonchev–Trinajstić information content (AvgIpc) is 2.51. The first-order chi connectivity index (χ1) is 10.8. The Hall–Kier alpha value is -0.400. The van der Waals surface area contributed by atoms with Crippen LogP contribution in [0.25, 0.3) is 0 Å². The fraction of sp³-hybridized carbons (Fsp3) is 0.889. The Kier molecular flexibility index (Phi) is 18.3. The zero-order valence-corrected chi connectivity index (χ0v) is 15.6. The predicted octanol–water partition coefficient (Wildman–Crippen LogP) is 7.30. The zero-order chi connectivity index (χ0) is 16.3. The molecule has 4 heteroatoms. The van der Waals surface area contributed by atoms with Gasteiger partial charge in [0.1, 0.15) is 12.9 Å². The van der Waals surface area contributed by atoms with Crippen LogP contribution in [-0.4, -0.2) is 6.61 Å². The van der Waals surface area contributed by atoms with Crippen LogP contribution in [0.5, 0.6) is 0 Å². The van der Waals surface area contributed by atoms with Crippen molar-refractivity contribution in [3.63, 3.8) is 0 Å². The van der Waals surface area contributed by atoms with E-state index >= 15 is 0 Å². The van der Waals surface area contributed by atoms with Crippen LogP contribution in [0, 0.1) is 0 Å². The Morgan fingerprint density at radius 2 is 1.27 bits per heavy atom. The van der Waals surface area contributed by atoms with Gasteiger partial charge in [0.15, 0.2) is 0 Å². The van der Waals surface area contributed by atoms with Crippen molar-refractivity contribution in [3.05, 3.63) is 12.3 Å². The molecule has 0 saturated heterocycles. The van der Waals surface area contributed by atoms with Gasteiger partial charge in [-0.15, -0.1) is 4.52 Å². The van der Waals surface area contributed by atoms with Gasteiger partial charge in [0.2, 0.25) is 0 Å². The number of hydrogen-bond donors (Lipinski definition) is 0. The van der Waals surface area contributed by atoms with Crippen molar-refractivity contribution < 1.29 is 13.6 Å². The highest BCUT2D eigenvalue weighted by Gasteiger charge is 2.16. The molecule has 0 heterocycles. The first-order valence-electron chi connectivity index (χ1n) is 9.23. The molecular weight excluding hydrogens is 295 g/mol. The molecule has 0 aromatic carbocycles. The Morgan fingerprint density at radius 1 is 0.773 bits per heavy atom. The molecule has 0 aromatic heterocycles. The summed E-state index contributed by atoms with van der Waals surface area (Å²) in [5, 5.41) is 0. The molecule has 0 amide bonds. The Morgan fingerprint density at radius 3 is 1.77 bits per heavy atom. The summed E-state index contributed by atoms with van der Waals surface area (Å²) >= 11 is 0. The third-order valence-corrected chi connectivity index (χ3v) is 4.46. The largest absolute Gasteiger partial charge is 0.749 e. The van der Waals surface area contributed by atoms with Crippen LogP contribution >= 0.6 is 8.25 Å². The highest BCUT2D eigenvalue weighted by molar-refractivity contribution is 7.33. The van der Waals surface area contributed by atoms with E-state index in [0.717, 1.165) is 6.42 Å². The normalized spacial score (nSPS) is 12.0. The van der Waals surface area contributed by atoms with E-state index in [1.54, 1.807) is 6.92 Å². The van der Waals surface area contributed by atoms with Crippen LogP contribution in [0.15, 0.2) is 12.3 Å². The molecule has 0 aromatic rings. The maximum atomic E-state index is 11.0. The summed E-state index contributed by atoms with van der Waals surface area (Å²) in [5.74, 6) is 0. The molecule has 0 radical (unpaired) electrons. The quantitative estimate of drug-likeness (QED) is 0.159. The molecule has 0 aliphatic carbocycles. The van der Waals surface area contributed by atoms with Gasteiger partial charge in [0.05, 0.1) is 0 Å². The highest BCUT2D eigenvalue weighted by atomic mass is 31.1. The van der Waals surface area contributed by atoms with Crippen LogP contribution < -0.4 is 0 Å². The first-order valence-corrected chi connectivity index (χ1v) is 10.3. The molecule has 0 saturated carbocycles. The van der Waals surface area contributed by atoms with E-state index in [2.05, 4.69) is 6.92 Å². The van der Waals surface area contributed by atoms with E-state index in [9.17, 15) is 4.57 Å². The van der Waals surface area contributed by atoms with Crippen molar-refractivity contribution in [2.75, 3.05) is 6.61 Å². The molecule has 0 aliphatic heterocycles. The summed E-state index contributed by atoms with van der Waals surface area (Å²) in [6.07, 6.45) is 20.8. The van der Waals surface area contributed by atoms with Crippen molar-refractivity contribution in [3.8, 4) is 0 Å². The van der Waals surface area contributed by atoms with Gasteiger partial charge >= 0.3 is 8.25 Å². The number of allylic oxidation sites excluding steroid dienone is 1. The lowest BCUT2D eigenvalue weighted by atomic mass is 10.0. The number of hydrogen-bond acceptors (Lipinski definition) is 3. The third-order valence-electron chi connectivity index (χ3n) is 3.70.